The highest BCUT2D eigenvalue weighted by Crippen LogP contribution is 2.66. The van der Waals surface area contributed by atoms with Crippen LogP contribution in [-0.2, 0) is 9.59 Å². The van der Waals surface area contributed by atoms with E-state index in [9.17, 15) is 9.59 Å². The predicted molar refractivity (Wildman–Crippen MR) is 90.8 cm³/mol. The van der Waals surface area contributed by atoms with E-state index in [0.717, 1.165) is 19.3 Å². The van der Waals surface area contributed by atoms with E-state index in [1.165, 1.54) is 18.4 Å². The van der Waals surface area contributed by atoms with Crippen molar-refractivity contribution < 1.29 is 9.59 Å². The van der Waals surface area contributed by atoms with Gasteiger partial charge in [-0.2, -0.15) is 0 Å². The summed E-state index contributed by atoms with van der Waals surface area (Å²) in [6.07, 6.45) is 8.01. The molecule has 2 heteroatoms. The van der Waals surface area contributed by atoms with Crippen LogP contribution in [0.2, 0.25) is 0 Å². The van der Waals surface area contributed by atoms with Crippen LogP contribution < -0.4 is 0 Å². The molecule has 1 unspecified atom stereocenters. The molecule has 4 aliphatic carbocycles. The molecule has 0 aromatic carbocycles. The minimum atomic E-state index is -0.0494. The molecule has 0 aromatic heterocycles. The average Bonchev–Trinajstić information content (AvgIpc) is 2.78. The standard InChI is InChI=1S/C21H30O2/c1-12-9-15-16-5-6-19(23)20(16,3)8-7-17(15)21(4)13(2)10-14(22)11-18(12)21/h11-13,15-17H,5-10H2,1-4H3/t12-,13?,15-,16-,17-,20-,21+/m0/s1. The van der Waals surface area contributed by atoms with Crippen LogP contribution in [0.25, 0.3) is 0 Å². The summed E-state index contributed by atoms with van der Waals surface area (Å²) in [6.45, 7) is 9.28. The minimum Gasteiger partial charge on any atom is -0.299 e. The Kier molecular flexibility index (Phi) is 3.26. The van der Waals surface area contributed by atoms with Crippen LogP contribution in [0.1, 0.15) is 66.2 Å². The van der Waals surface area contributed by atoms with E-state index in [4.69, 9.17) is 0 Å². The molecule has 0 N–H and O–H groups in total. The van der Waals surface area contributed by atoms with Gasteiger partial charge in [-0.05, 0) is 66.8 Å². The Balaban J connectivity index is 1.78. The molecule has 0 spiro atoms. The number of hydrogen-bond donors (Lipinski definition) is 0. The molecule has 23 heavy (non-hydrogen) atoms. The van der Waals surface area contributed by atoms with Crippen LogP contribution in [0.15, 0.2) is 11.6 Å². The maximum atomic E-state index is 12.5. The van der Waals surface area contributed by atoms with Gasteiger partial charge < -0.3 is 0 Å². The molecular weight excluding hydrogens is 284 g/mol. The largest absolute Gasteiger partial charge is 0.299 e. The van der Waals surface area contributed by atoms with Gasteiger partial charge in [0.2, 0.25) is 0 Å². The van der Waals surface area contributed by atoms with Crippen molar-refractivity contribution in [3.63, 3.8) is 0 Å². The van der Waals surface area contributed by atoms with E-state index in [2.05, 4.69) is 27.7 Å². The molecule has 0 saturated heterocycles. The first-order valence-corrected chi connectivity index (χ1v) is 9.56. The quantitative estimate of drug-likeness (QED) is 0.656. The highest BCUT2D eigenvalue weighted by molar-refractivity contribution is 5.92. The summed E-state index contributed by atoms with van der Waals surface area (Å²) in [4.78, 5) is 24.6. The Labute approximate surface area is 140 Å². The second kappa shape index (κ2) is 4.80. The summed E-state index contributed by atoms with van der Waals surface area (Å²) in [6, 6.07) is 0. The molecule has 0 bridgehead atoms. The monoisotopic (exact) mass is 314 g/mol. The summed E-state index contributed by atoms with van der Waals surface area (Å²) >= 11 is 0. The van der Waals surface area contributed by atoms with Gasteiger partial charge in [-0.3, -0.25) is 9.59 Å². The highest BCUT2D eigenvalue weighted by Gasteiger charge is 2.61. The van der Waals surface area contributed by atoms with Crippen molar-refractivity contribution in [1.82, 2.24) is 0 Å². The SMILES string of the molecule is CC1CC(=O)C=C2[C@@H](C)C[C@H]3[C@@H]4CCC(=O)[C@@]4(C)CC[C@@H]3[C@]21C. The van der Waals surface area contributed by atoms with E-state index in [1.54, 1.807) is 0 Å². The minimum absolute atomic E-state index is 0.0494. The number of allylic oxidation sites excluding steroid dienone is 1. The second-order valence-electron chi connectivity index (χ2n) is 9.39. The molecule has 0 aliphatic heterocycles. The third-order valence-electron chi connectivity index (χ3n) is 8.54. The first kappa shape index (κ1) is 15.6. The fourth-order valence-electron chi connectivity index (χ4n) is 7.11. The Morgan fingerprint density at radius 2 is 1.83 bits per heavy atom. The van der Waals surface area contributed by atoms with Gasteiger partial charge >= 0.3 is 0 Å². The average molecular weight is 314 g/mol. The summed E-state index contributed by atoms with van der Waals surface area (Å²) in [5.41, 5.74) is 1.55. The van der Waals surface area contributed by atoms with Crippen molar-refractivity contribution >= 4 is 11.6 Å². The maximum Gasteiger partial charge on any atom is 0.155 e. The molecule has 4 aliphatic rings. The molecule has 0 radical (unpaired) electrons. The van der Waals surface area contributed by atoms with Gasteiger partial charge in [0.1, 0.15) is 5.78 Å². The van der Waals surface area contributed by atoms with Gasteiger partial charge in [-0.1, -0.05) is 33.3 Å². The van der Waals surface area contributed by atoms with Crippen LogP contribution >= 0.6 is 0 Å². The van der Waals surface area contributed by atoms with Crippen molar-refractivity contribution in [2.45, 2.75) is 66.2 Å². The van der Waals surface area contributed by atoms with E-state index >= 15 is 0 Å². The van der Waals surface area contributed by atoms with Gasteiger partial charge in [0.25, 0.3) is 0 Å². The molecular formula is C21H30O2. The topological polar surface area (TPSA) is 34.1 Å². The first-order chi connectivity index (χ1) is 10.8. The number of fused-ring (bicyclic) bond motifs is 5. The van der Waals surface area contributed by atoms with E-state index in [1.807, 2.05) is 6.08 Å². The molecule has 7 atom stereocenters. The predicted octanol–water partition coefficient (Wildman–Crippen LogP) is 4.58. The molecule has 0 heterocycles. The fourth-order valence-corrected chi connectivity index (χ4v) is 7.11. The van der Waals surface area contributed by atoms with Gasteiger partial charge in [0.05, 0.1) is 0 Å². The molecule has 126 valence electrons. The van der Waals surface area contributed by atoms with Crippen LogP contribution in [0.3, 0.4) is 0 Å². The molecule has 4 rings (SSSR count). The number of ketones is 2. The van der Waals surface area contributed by atoms with E-state index in [-0.39, 0.29) is 10.8 Å². The Morgan fingerprint density at radius 1 is 1.09 bits per heavy atom. The van der Waals surface area contributed by atoms with Gasteiger partial charge in [0.15, 0.2) is 5.78 Å². The Bertz CT molecular complexity index is 603. The maximum absolute atomic E-state index is 12.5. The van der Waals surface area contributed by atoms with E-state index < -0.39 is 0 Å². The smallest absolute Gasteiger partial charge is 0.155 e. The highest BCUT2D eigenvalue weighted by atomic mass is 16.1. The van der Waals surface area contributed by atoms with Crippen LogP contribution in [0.4, 0.5) is 0 Å². The molecule has 3 fully saturated rings. The Hall–Kier alpha value is -0.920. The van der Waals surface area contributed by atoms with Crippen molar-refractivity contribution in [1.29, 1.82) is 0 Å². The van der Waals surface area contributed by atoms with Crippen molar-refractivity contribution in [2.24, 2.45) is 40.4 Å². The number of rotatable bonds is 0. The van der Waals surface area contributed by atoms with Crippen molar-refractivity contribution in [3.05, 3.63) is 11.6 Å². The zero-order valence-corrected chi connectivity index (χ0v) is 15.0. The lowest BCUT2D eigenvalue weighted by Gasteiger charge is -2.60. The summed E-state index contributed by atoms with van der Waals surface area (Å²) in [7, 11) is 0. The first-order valence-electron chi connectivity index (χ1n) is 9.56. The summed E-state index contributed by atoms with van der Waals surface area (Å²) < 4.78 is 0. The van der Waals surface area contributed by atoms with Gasteiger partial charge in [-0.25, -0.2) is 0 Å². The lowest BCUT2D eigenvalue weighted by Crippen LogP contribution is -2.54. The third kappa shape index (κ3) is 1.87. The Morgan fingerprint density at radius 3 is 2.57 bits per heavy atom. The summed E-state index contributed by atoms with van der Waals surface area (Å²) in [5, 5.41) is 0. The number of carbonyl (C=O) groups is 2. The zero-order chi connectivity index (χ0) is 16.6. The number of hydrogen-bond acceptors (Lipinski definition) is 2. The van der Waals surface area contributed by atoms with E-state index in [0.29, 0.717) is 47.6 Å². The van der Waals surface area contributed by atoms with Crippen LogP contribution in [-0.4, -0.2) is 11.6 Å². The van der Waals surface area contributed by atoms with Crippen molar-refractivity contribution in [3.8, 4) is 0 Å². The lowest BCUT2D eigenvalue weighted by atomic mass is 9.44. The summed E-state index contributed by atoms with van der Waals surface area (Å²) in [5.74, 6) is 3.70. The third-order valence-corrected chi connectivity index (χ3v) is 8.54. The fraction of sp³-hybridized carbons (Fsp3) is 0.810. The number of carbonyl (C=O) groups excluding carboxylic acids is 2. The normalized spacial score (nSPS) is 52.5. The molecule has 0 aromatic rings. The molecule has 3 saturated carbocycles. The number of Topliss-reactive ketones (excluding diaryl/α,β-unsaturated/α-hetero) is 1. The van der Waals surface area contributed by atoms with Crippen LogP contribution in [0.5, 0.6) is 0 Å². The molecule has 2 nitrogen and oxygen atoms in total. The van der Waals surface area contributed by atoms with Gasteiger partial charge in [0, 0.05) is 18.3 Å². The lowest BCUT2D eigenvalue weighted by molar-refractivity contribution is -0.134. The van der Waals surface area contributed by atoms with Crippen LogP contribution in [0, 0.1) is 40.4 Å². The van der Waals surface area contributed by atoms with Gasteiger partial charge in [-0.15, -0.1) is 0 Å². The second-order valence-corrected chi connectivity index (χ2v) is 9.39. The van der Waals surface area contributed by atoms with Crippen molar-refractivity contribution in [2.75, 3.05) is 0 Å². The molecule has 0 amide bonds. The zero-order valence-electron chi connectivity index (χ0n) is 15.0.